The molecule has 0 fully saturated rings. The van der Waals surface area contributed by atoms with Crippen LogP contribution in [-0.4, -0.2) is 32.5 Å². The first-order valence-electron chi connectivity index (χ1n) is 5.59. The van der Waals surface area contributed by atoms with Crippen molar-refractivity contribution >= 4 is 5.91 Å². The number of aromatic nitrogens is 3. The number of nitrogens with zero attached hydrogens (tertiary/aromatic N) is 3. The van der Waals surface area contributed by atoms with Crippen LogP contribution in [0.25, 0.3) is 0 Å². The van der Waals surface area contributed by atoms with Gasteiger partial charge < -0.3 is 4.90 Å². The van der Waals surface area contributed by atoms with Crippen molar-refractivity contribution in [1.29, 1.82) is 0 Å². The van der Waals surface area contributed by atoms with Gasteiger partial charge in [-0.25, -0.2) is 9.37 Å². The van der Waals surface area contributed by atoms with Gasteiger partial charge in [-0.3, -0.25) is 9.89 Å². The lowest BCUT2D eigenvalue weighted by molar-refractivity contribution is 0.0740. The molecule has 1 aromatic heterocycles. The largest absolute Gasteiger partial charge is 0.332 e. The van der Waals surface area contributed by atoms with Crippen molar-refractivity contribution in [2.24, 2.45) is 0 Å². The van der Waals surface area contributed by atoms with Gasteiger partial charge in [-0.05, 0) is 24.6 Å². The maximum absolute atomic E-state index is 13.1. The highest BCUT2D eigenvalue weighted by Crippen LogP contribution is 2.09. The molecule has 1 N–H and O–H groups in total. The van der Waals surface area contributed by atoms with Crippen molar-refractivity contribution in [3.05, 3.63) is 47.8 Å². The van der Waals surface area contributed by atoms with Crippen LogP contribution < -0.4 is 0 Å². The van der Waals surface area contributed by atoms with E-state index >= 15 is 0 Å². The van der Waals surface area contributed by atoms with Gasteiger partial charge in [0.2, 0.25) is 5.82 Å². The van der Waals surface area contributed by atoms with Crippen LogP contribution in [0.1, 0.15) is 23.1 Å². The molecule has 1 heterocycles. The molecule has 2 aromatic rings. The third kappa shape index (κ3) is 2.71. The SMILES string of the molecule is CCN(Cc1cccc(F)c1)C(=O)c1ncn[nH]1. The van der Waals surface area contributed by atoms with Crippen molar-refractivity contribution in [2.45, 2.75) is 13.5 Å². The van der Waals surface area contributed by atoms with Crippen LogP contribution in [0.3, 0.4) is 0 Å². The molecule has 0 saturated heterocycles. The average molecular weight is 248 g/mol. The number of carbonyl (C=O) groups excluding carboxylic acids is 1. The first-order valence-corrected chi connectivity index (χ1v) is 5.59. The molecule has 0 spiro atoms. The molecular weight excluding hydrogens is 235 g/mol. The Morgan fingerprint density at radius 3 is 2.94 bits per heavy atom. The van der Waals surface area contributed by atoms with Gasteiger partial charge in [0.15, 0.2) is 0 Å². The van der Waals surface area contributed by atoms with Crippen LogP contribution in [0.5, 0.6) is 0 Å². The highest BCUT2D eigenvalue weighted by Gasteiger charge is 2.17. The fourth-order valence-electron chi connectivity index (χ4n) is 1.64. The predicted octanol–water partition coefficient (Wildman–Crippen LogP) is 1.61. The Hall–Kier alpha value is -2.24. The summed E-state index contributed by atoms with van der Waals surface area (Å²) in [6, 6.07) is 6.19. The predicted molar refractivity (Wildman–Crippen MR) is 63.2 cm³/mol. The van der Waals surface area contributed by atoms with Gasteiger partial charge in [-0.15, -0.1) is 0 Å². The first kappa shape index (κ1) is 12.2. The van der Waals surface area contributed by atoms with E-state index < -0.39 is 0 Å². The van der Waals surface area contributed by atoms with Gasteiger partial charge in [0, 0.05) is 13.1 Å². The summed E-state index contributed by atoms with van der Waals surface area (Å²) in [5.41, 5.74) is 0.740. The Bertz CT molecular complexity index is 527. The van der Waals surface area contributed by atoms with E-state index in [0.717, 1.165) is 5.56 Å². The maximum Gasteiger partial charge on any atom is 0.291 e. The van der Waals surface area contributed by atoms with Crippen molar-refractivity contribution in [3.8, 4) is 0 Å². The van der Waals surface area contributed by atoms with Crippen molar-refractivity contribution in [3.63, 3.8) is 0 Å². The Labute approximate surface area is 104 Å². The molecule has 18 heavy (non-hydrogen) atoms. The van der Waals surface area contributed by atoms with Gasteiger partial charge >= 0.3 is 0 Å². The van der Waals surface area contributed by atoms with Gasteiger partial charge in [-0.1, -0.05) is 12.1 Å². The van der Waals surface area contributed by atoms with Crippen molar-refractivity contribution < 1.29 is 9.18 Å². The second kappa shape index (κ2) is 5.39. The van der Waals surface area contributed by atoms with E-state index in [0.29, 0.717) is 13.1 Å². The number of nitrogens with one attached hydrogen (secondary N) is 1. The molecular formula is C12H13FN4O. The average Bonchev–Trinajstić information content (AvgIpc) is 2.89. The molecule has 1 aromatic carbocycles. The first-order chi connectivity index (χ1) is 8.70. The summed E-state index contributed by atoms with van der Waals surface area (Å²) in [6.07, 6.45) is 1.28. The normalized spacial score (nSPS) is 10.3. The summed E-state index contributed by atoms with van der Waals surface area (Å²) in [5.74, 6) is -0.372. The zero-order valence-electron chi connectivity index (χ0n) is 9.93. The van der Waals surface area contributed by atoms with Gasteiger partial charge in [-0.2, -0.15) is 5.10 Å². The third-order valence-corrected chi connectivity index (χ3v) is 2.55. The van der Waals surface area contributed by atoms with E-state index in [2.05, 4.69) is 15.2 Å². The minimum Gasteiger partial charge on any atom is -0.332 e. The number of amides is 1. The van der Waals surface area contributed by atoms with Gasteiger partial charge in [0.25, 0.3) is 5.91 Å². The van der Waals surface area contributed by atoms with Crippen molar-refractivity contribution in [1.82, 2.24) is 20.1 Å². The summed E-state index contributed by atoms with van der Waals surface area (Å²) in [7, 11) is 0. The zero-order chi connectivity index (χ0) is 13.0. The molecule has 0 radical (unpaired) electrons. The molecule has 1 amide bonds. The molecule has 0 aliphatic heterocycles. The second-order valence-electron chi connectivity index (χ2n) is 3.78. The summed E-state index contributed by atoms with van der Waals surface area (Å²) >= 11 is 0. The molecule has 2 rings (SSSR count). The standard InChI is InChI=1S/C12H13FN4O/c1-2-17(12(18)11-14-8-15-16-11)7-9-4-3-5-10(13)6-9/h3-6,8H,2,7H2,1H3,(H,14,15,16). The van der Waals surface area contributed by atoms with Crippen LogP contribution in [0.2, 0.25) is 0 Å². The topological polar surface area (TPSA) is 61.9 Å². The van der Waals surface area contributed by atoms with Crippen LogP contribution in [0.4, 0.5) is 4.39 Å². The molecule has 0 saturated carbocycles. The van der Waals surface area contributed by atoms with Crippen LogP contribution in [-0.2, 0) is 6.54 Å². The maximum atomic E-state index is 13.1. The van der Waals surface area contributed by atoms with E-state index in [4.69, 9.17) is 0 Å². The number of H-pyrrole nitrogens is 1. The fraction of sp³-hybridized carbons (Fsp3) is 0.250. The third-order valence-electron chi connectivity index (χ3n) is 2.55. The second-order valence-corrected chi connectivity index (χ2v) is 3.78. The van der Waals surface area contributed by atoms with E-state index in [1.807, 2.05) is 6.92 Å². The minimum atomic E-state index is -0.310. The molecule has 94 valence electrons. The number of rotatable bonds is 4. The van der Waals surface area contributed by atoms with E-state index in [9.17, 15) is 9.18 Å². The highest BCUT2D eigenvalue weighted by molar-refractivity contribution is 5.90. The number of hydrogen-bond donors (Lipinski definition) is 1. The summed E-state index contributed by atoms with van der Waals surface area (Å²) in [5, 5.41) is 6.16. The number of halogens is 1. The summed E-state index contributed by atoms with van der Waals surface area (Å²) in [4.78, 5) is 17.4. The molecule has 6 heteroatoms. The zero-order valence-corrected chi connectivity index (χ0v) is 9.93. The Balaban J connectivity index is 2.12. The fourth-order valence-corrected chi connectivity index (χ4v) is 1.64. The molecule has 0 atom stereocenters. The van der Waals surface area contributed by atoms with Crippen LogP contribution in [0, 0.1) is 5.82 Å². The monoisotopic (exact) mass is 248 g/mol. The smallest absolute Gasteiger partial charge is 0.291 e. The lowest BCUT2D eigenvalue weighted by atomic mass is 10.2. The van der Waals surface area contributed by atoms with Crippen molar-refractivity contribution in [2.75, 3.05) is 6.54 Å². The van der Waals surface area contributed by atoms with Crippen LogP contribution in [0.15, 0.2) is 30.6 Å². The van der Waals surface area contributed by atoms with E-state index in [1.54, 1.807) is 17.0 Å². The van der Waals surface area contributed by atoms with Gasteiger partial charge in [0.05, 0.1) is 0 Å². The highest BCUT2D eigenvalue weighted by atomic mass is 19.1. The lowest BCUT2D eigenvalue weighted by Crippen LogP contribution is -2.31. The molecule has 0 bridgehead atoms. The quantitative estimate of drug-likeness (QED) is 0.894. The number of aromatic amines is 1. The molecule has 5 nitrogen and oxygen atoms in total. The number of hydrogen-bond acceptors (Lipinski definition) is 3. The summed E-state index contributed by atoms with van der Waals surface area (Å²) in [6.45, 7) is 2.71. The molecule has 0 aliphatic carbocycles. The Morgan fingerprint density at radius 2 is 2.33 bits per heavy atom. The lowest BCUT2D eigenvalue weighted by Gasteiger charge is -2.19. The van der Waals surface area contributed by atoms with Crippen LogP contribution >= 0.6 is 0 Å². The number of carbonyl (C=O) groups is 1. The molecule has 0 aliphatic rings. The Kier molecular flexibility index (Phi) is 3.66. The summed E-state index contributed by atoms with van der Waals surface area (Å²) < 4.78 is 13.1. The number of benzene rings is 1. The van der Waals surface area contributed by atoms with Gasteiger partial charge in [0.1, 0.15) is 12.1 Å². The molecule has 0 unspecified atom stereocenters. The van der Waals surface area contributed by atoms with E-state index in [1.165, 1.54) is 18.5 Å². The van der Waals surface area contributed by atoms with E-state index in [-0.39, 0.29) is 17.5 Å². The minimum absolute atomic E-state index is 0.188. The Morgan fingerprint density at radius 1 is 1.50 bits per heavy atom.